The minimum atomic E-state index is -0.728. The molecule has 1 aliphatic heterocycles. The zero-order valence-electron chi connectivity index (χ0n) is 11.7. The summed E-state index contributed by atoms with van der Waals surface area (Å²) in [5.41, 5.74) is -0.728. The molecule has 8 heteroatoms. The second kappa shape index (κ2) is 4.53. The Morgan fingerprint density at radius 1 is 1.45 bits per heavy atom. The quantitative estimate of drug-likeness (QED) is 0.781. The van der Waals surface area contributed by atoms with Crippen molar-refractivity contribution in [1.29, 1.82) is 0 Å². The first-order chi connectivity index (χ1) is 9.51. The van der Waals surface area contributed by atoms with E-state index in [1.54, 1.807) is 11.9 Å². The molecule has 0 aromatic carbocycles. The highest BCUT2D eigenvalue weighted by molar-refractivity contribution is 6.07. The van der Waals surface area contributed by atoms with Gasteiger partial charge < -0.3 is 4.90 Å². The molecule has 20 heavy (non-hydrogen) atoms. The van der Waals surface area contributed by atoms with Crippen LogP contribution in [0.4, 0.5) is 4.79 Å². The van der Waals surface area contributed by atoms with Gasteiger partial charge in [-0.15, -0.1) is 10.2 Å². The highest BCUT2D eigenvalue weighted by Crippen LogP contribution is 2.40. The molecule has 2 heterocycles. The van der Waals surface area contributed by atoms with Crippen LogP contribution in [-0.2, 0) is 18.4 Å². The van der Waals surface area contributed by atoms with Crippen molar-refractivity contribution >= 4 is 11.9 Å². The van der Waals surface area contributed by atoms with Crippen molar-refractivity contribution < 1.29 is 9.59 Å². The van der Waals surface area contributed by atoms with Gasteiger partial charge in [-0.3, -0.25) is 10.1 Å². The lowest BCUT2D eigenvalue weighted by Gasteiger charge is -2.40. The number of hydrogen-bond acceptors (Lipinski definition) is 5. The fourth-order valence-electron chi connectivity index (χ4n) is 3.32. The molecule has 108 valence electrons. The molecule has 2 aliphatic rings. The number of nitrogens with zero attached hydrogens (tertiary/aromatic N) is 5. The third-order valence-corrected chi connectivity index (χ3v) is 4.23. The largest absolute Gasteiger partial charge is 0.325 e. The molecule has 2 atom stereocenters. The van der Waals surface area contributed by atoms with Crippen LogP contribution in [0.15, 0.2) is 0 Å². The van der Waals surface area contributed by atoms with E-state index in [2.05, 4.69) is 27.7 Å². The number of tetrazole rings is 1. The molecule has 1 aromatic rings. The van der Waals surface area contributed by atoms with Crippen LogP contribution < -0.4 is 5.32 Å². The Bertz CT molecular complexity index is 556. The lowest BCUT2D eigenvalue weighted by Crippen LogP contribution is -2.52. The number of aryl methyl sites for hydroxylation is 1. The van der Waals surface area contributed by atoms with E-state index in [-0.39, 0.29) is 18.5 Å². The molecular weight excluding hydrogens is 260 g/mol. The van der Waals surface area contributed by atoms with E-state index in [1.165, 1.54) is 4.80 Å². The van der Waals surface area contributed by atoms with Crippen LogP contribution in [0.3, 0.4) is 0 Å². The number of urea groups is 1. The molecule has 0 radical (unpaired) electrons. The van der Waals surface area contributed by atoms with Crippen molar-refractivity contribution in [2.24, 2.45) is 13.0 Å². The van der Waals surface area contributed by atoms with Gasteiger partial charge in [0.25, 0.3) is 5.91 Å². The summed E-state index contributed by atoms with van der Waals surface area (Å²) in [6.07, 6.45) is 3.45. The first-order valence-electron chi connectivity index (χ1n) is 6.87. The van der Waals surface area contributed by atoms with Gasteiger partial charge in [-0.1, -0.05) is 19.8 Å². The van der Waals surface area contributed by atoms with E-state index in [4.69, 9.17) is 0 Å². The fourth-order valence-corrected chi connectivity index (χ4v) is 3.32. The van der Waals surface area contributed by atoms with Gasteiger partial charge in [-0.25, -0.2) is 4.79 Å². The molecule has 1 saturated carbocycles. The van der Waals surface area contributed by atoms with Gasteiger partial charge in [0.15, 0.2) is 5.82 Å². The third kappa shape index (κ3) is 1.95. The first-order valence-corrected chi connectivity index (χ1v) is 6.87. The standard InChI is InChI=1S/C12H18N6O2/c1-8-4-3-5-12(6-8)10(19)13-11(20)18(12)7-9-14-16-17(2)15-9/h8H,3-7H2,1-2H3,(H,13,19,20). The predicted octanol–water partition coefficient (Wildman–Crippen LogP) is 0.211. The number of nitrogens with one attached hydrogen (secondary N) is 1. The molecule has 3 amide bonds. The predicted molar refractivity (Wildman–Crippen MR) is 68.2 cm³/mol. The Morgan fingerprint density at radius 3 is 2.90 bits per heavy atom. The molecule has 3 rings (SSSR count). The normalized spacial score (nSPS) is 30.1. The molecule has 2 fully saturated rings. The van der Waals surface area contributed by atoms with Gasteiger partial charge in [0, 0.05) is 0 Å². The van der Waals surface area contributed by atoms with Crippen LogP contribution in [0.5, 0.6) is 0 Å². The van der Waals surface area contributed by atoms with E-state index >= 15 is 0 Å². The summed E-state index contributed by atoms with van der Waals surface area (Å²) < 4.78 is 0. The zero-order chi connectivity index (χ0) is 14.3. The van der Waals surface area contributed by atoms with Crippen molar-refractivity contribution in [3.63, 3.8) is 0 Å². The minimum Gasteiger partial charge on any atom is -0.302 e. The number of amides is 3. The number of carbonyl (C=O) groups excluding carboxylic acids is 2. The number of imide groups is 1. The van der Waals surface area contributed by atoms with Gasteiger partial charge in [0.05, 0.1) is 13.6 Å². The summed E-state index contributed by atoms with van der Waals surface area (Å²) >= 11 is 0. The van der Waals surface area contributed by atoms with Crippen molar-refractivity contribution in [2.75, 3.05) is 0 Å². The minimum absolute atomic E-state index is 0.182. The summed E-state index contributed by atoms with van der Waals surface area (Å²) in [7, 11) is 1.67. The SMILES string of the molecule is CC1CCCC2(C1)C(=O)NC(=O)N2Cc1nnn(C)n1. The zero-order valence-corrected chi connectivity index (χ0v) is 11.7. The molecule has 2 unspecified atom stereocenters. The third-order valence-electron chi connectivity index (χ3n) is 4.23. The van der Waals surface area contributed by atoms with Crippen molar-refractivity contribution in [3.05, 3.63) is 5.82 Å². The fraction of sp³-hybridized carbons (Fsp3) is 0.750. The molecule has 8 nitrogen and oxygen atoms in total. The molecule has 1 saturated heterocycles. The maximum atomic E-state index is 12.3. The number of carbonyl (C=O) groups is 2. The van der Waals surface area contributed by atoms with Gasteiger partial charge in [-0.05, 0) is 24.0 Å². The van der Waals surface area contributed by atoms with Gasteiger partial charge >= 0.3 is 6.03 Å². The Morgan fingerprint density at radius 2 is 2.25 bits per heavy atom. The highest BCUT2D eigenvalue weighted by atomic mass is 16.2. The summed E-state index contributed by atoms with van der Waals surface area (Å²) in [4.78, 5) is 27.3. The van der Waals surface area contributed by atoms with E-state index < -0.39 is 5.54 Å². The van der Waals surface area contributed by atoms with E-state index in [9.17, 15) is 9.59 Å². The van der Waals surface area contributed by atoms with Gasteiger partial charge in [0.2, 0.25) is 0 Å². The summed E-state index contributed by atoms with van der Waals surface area (Å²) in [5, 5.41) is 14.2. The van der Waals surface area contributed by atoms with E-state index in [1.807, 2.05) is 0 Å². The molecule has 0 bridgehead atoms. The van der Waals surface area contributed by atoms with Crippen molar-refractivity contribution in [2.45, 2.75) is 44.7 Å². The average molecular weight is 278 g/mol. The summed E-state index contributed by atoms with van der Waals surface area (Å²) in [6, 6.07) is -0.350. The van der Waals surface area contributed by atoms with E-state index in [0.717, 1.165) is 12.8 Å². The maximum Gasteiger partial charge on any atom is 0.325 e. The van der Waals surface area contributed by atoms with E-state index in [0.29, 0.717) is 24.6 Å². The topological polar surface area (TPSA) is 93.0 Å². The van der Waals surface area contributed by atoms with Crippen LogP contribution in [0.2, 0.25) is 0 Å². The van der Waals surface area contributed by atoms with Gasteiger partial charge in [0.1, 0.15) is 5.54 Å². The number of aromatic nitrogens is 4. The van der Waals surface area contributed by atoms with Gasteiger partial charge in [-0.2, -0.15) is 4.80 Å². The summed E-state index contributed by atoms with van der Waals surface area (Å²) in [5.74, 6) is 0.700. The Labute approximate surface area is 116 Å². The molecule has 1 spiro atoms. The van der Waals surface area contributed by atoms with Crippen LogP contribution in [0.25, 0.3) is 0 Å². The van der Waals surface area contributed by atoms with Crippen LogP contribution in [0, 0.1) is 5.92 Å². The lowest BCUT2D eigenvalue weighted by atomic mass is 9.75. The Hall–Kier alpha value is -1.99. The molecule has 1 N–H and O–H groups in total. The Balaban J connectivity index is 1.89. The van der Waals surface area contributed by atoms with Crippen LogP contribution in [-0.4, -0.2) is 42.6 Å². The number of rotatable bonds is 2. The van der Waals surface area contributed by atoms with Crippen LogP contribution in [0.1, 0.15) is 38.4 Å². The molecular formula is C12H18N6O2. The van der Waals surface area contributed by atoms with Crippen LogP contribution >= 0.6 is 0 Å². The molecule has 1 aromatic heterocycles. The highest BCUT2D eigenvalue weighted by Gasteiger charge is 2.54. The smallest absolute Gasteiger partial charge is 0.302 e. The average Bonchev–Trinajstić information content (AvgIpc) is 2.88. The number of hydrogen-bond donors (Lipinski definition) is 1. The van der Waals surface area contributed by atoms with Crippen molar-refractivity contribution in [3.8, 4) is 0 Å². The summed E-state index contributed by atoms with van der Waals surface area (Å²) in [6.45, 7) is 2.34. The first kappa shape index (κ1) is 13.0. The second-order valence-corrected chi connectivity index (χ2v) is 5.77. The maximum absolute atomic E-state index is 12.3. The molecule has 1 aliphatic carbocycles. The second-order valence-electron chi connectivity index (χ2n) is 5.77. The lowest BCUT2D eigenvalue weighted by molar-refractivity contribution is -0.129. The Kier molecular flexibility index (Phi) is 2.95. The van der Waals surface area contributed by atoms with Crippen molar-refractivity contribution in [1.82, 2.24) is 30.4 Å². The monoisotopic (exact) mass is 278 g/mol.